The molecule has 1 aliphatic rings. The van der Waals surface area contributed by atoms with Gasteiger partial charge in [0.25, 0.3) is 5.91 Å². The van der Waals surface area contributed by atoms with Crippen LogP contribution in [0.3, 0.4) is 0 Å². The number of halogens is 4. The third-order valence-corrected chi connectivity index (χ3v) is 4.11. The summed E-state index contributed by atoms with van der Waals surface area (Å²) >= 11 is 0. The number of alkyl halides is 3. The molecular weight excluding hydrogens is 381 g/mol. The highest BCUT2D eigenvalue weighted by atomic mass is 35.5. The van der Waals surface area contributed by atoms with E-state index in [1.165, 1.54) is 12.1 Å². The summed E-state index contributed by atoms with van der Waals surface area (Å²) in [6.45, 7) is 2.91. The Morgan fingerprint density at radius 1 is 1.00 bits per heavy atom. The minimum absolute atomic E-state index is 0. The lowest BCUT2D eigenvalue weighted by Gasteiger charge is -2.20. The number of hydrogen-bond donors (Lipinski definition) is 1. The van der Waals surface area contributed by atoms with E-state index in [-0.39, 0.29) is 24.1 Å². The Balaban J connectivity index is 0.00000261. The second-order valence-electron chi connectivity index (χ2n) is 6.05. The number of ether oxygens (including phenoxy) is 1. The van der Waals surface area contributed by atoms with Crippen molar-refractivity contribution >= 4 is 18.3 Å². The van der Waals surface area contributed by atoms with Crippen molar-refractivity contribution in [2.75, 3.05) is 26.2 Å². The number of nitrogens with zero attached hydrogens (tertiary/aromatic N) is 1. The number of carbonyl (C=O) groups excluding carboxylic acids is 1. The van der Waals surface area contributed by atoms with E-state index in [1.54, 1.807) is 29.2 Å². The van der Waals surface area contributed by atoms with Crippen molar-refractivity contribution in [3.63, 3.8) is 0 Å². The molecule has 1 saturated heterocycles. The summed E-state index contributed by atoms with van der Waals surface area (Å²) in [5.41, 5.74) is -0.323. The molecule has 0 atom stereocenters. The summed E-state index contributed by atoms with van der Waals surface area (Å²) in [7, 11) is 0. The van der Waals surface area contributed by atoms with Crippen LogP contribution in [-0.2, 0) is 6.18 Å². The minimum atomic E-state index is -4.43. The molecule has 0 spiro atoms. The average molecular weight is 401 g/mol. The topological polar surface area (TPSA) is 41.6 Å². The number of hydrogen-bond acceptors (Lipinski definition) is 3. The quantitative estimate of drug-likeness (QED) is 0.832. The van der Waals surface area contributed by atoms with Gasteiger partial charge in [0.15, 0.2) is 0 Å². The molecule has 1 fully saturated rings. The molecular formula is C19H20ClF3N2O2. The van der Waals surface area contributed by atoms with Crippen LogP contribution in [0, 0.1) is 0 Å². The van der Waals surface area contributed by atoms with Crippen molar-refractivity contribution < 1.29 is 22.7 Å². The first-order chi connectivity index (χ1) is 12.4. The molecule has 1 amide bonds. The van der Waals surface area contributed by atoms with Gasteiger partial charge in [-0.1, -0.05) is 12.1 Å². The average Bonchev–Trinajstić information content (AvgIpc) is 2.90. The van der Waals surface area contributed by atoms with Gasteiger partial charge in [0.2, 0.25) is 0 Å². The van der Waals surface area contributed by atoms with Gasteiger partial charge in [-0.3, -0.25) is 4.79 Å². The molecule has 2 aromatic carbocycles. The van der Waals surface area contributed by atoms with Crippen LogP contribution in [0.25, 0.3) is 0 Å². The minimum Gasteiger partial charge on any atom is -0.457 e. The van der Waals surface area contributed by atoms with Crippen LogP contribution < -0.4 is 10.1 Å². The lowest BCUT2D eigenvalue weighted by Crippen LogP contribution is -2.34. The van der Waals surface area contributed by atoms with E-state index in [0.717, 1.165) is 31.6 Å². The number of nitrogens with one attached hydrogen (secondary N) is 1. The highest BCUT2D eigenvalue weighted by molar-refractivity contribution is 5.94. The zero-order valence-electron chi connectivity index (χ0n) is 14.5. The standard InChI is InChI=1S/C19H19F3N2O2.ClH/c20-19(21,22)15-5-2-7-17(13-15)26-16-6-1-4-14(12-16)18(25)24-10-3-8-23-9-11-24;/h1-2,4-7,12-13,23H,3,8-11H2;1H. The fraction of sp³-hybridized carbons (Fsp3) is 0.316. The zero-order valence-corrected chi connectivity index (χ0v) is 15.3. The predicted molar refractivity (Wildman–Crippen MR) is 98.6 cm³/mol. The Bertz CT molecular complexity index is 776. The molecule has 0 bridgehead atoms. The summed E-state index contributed by atoms with van der Waals surface area (Å²) in [4.78, 5) is 14.4. The normalized spacial score (nSPS) is 14.9. The molecule has 1 N–H and O–H groups in total. The van der Waals surface area contributed by atoms with E-state index in [2.05, 4.69) is 5.32 Å². The third kappa shape index (κ3) is 5.61. The van der Waals surface area contributed by atoms with Crippen LogP contribution in [0.5, 0.6) is 11.5 Å². The molecule has 0 unspecified atom stereocenters. The first kappa shape index (κ1) is 21.1. The van der Waals surface area contributed by atoms with E-state index < -0.39 is 11.7 Å². The second kappa shape index (κ2) is 9.10. The number of rotatable bonds is 3. The maximum atomic E-state index is 12.8. The lowest BCUT2D eigenvalue weighted by atomic mass is 10.1. The first-order valence-electron chi connectivity index (χ1n) is 8.39. The van der Waals surface area contributed by atoms with E-state index >= 15 is 0 Å². The zero-order chi connectivity index (χ0) is 18.6. The van der Waals surface area contributed by atoms with E-state index in [4.69, 9.17) is 4.74 Å². The molecule has 8 heteroatoms. The Hall–Kier alpha value is -2.25. The van der Waals surface area contributed by atoms with Crippen molar-refractivity contribution in [1.82, 2.24) is 10.2 Å². The fourth-order valence-electron chi connectivity index (χ4n) is 2.80. The van der Waals surface area contributed by atoms with Gasteiger partial charge in [0, 0.05) is 25.2 Å². The molecule has 0 radical (unpaired) electrons. The molecule has 27 heavy (non-hydrogen) atoms. The summed E-state index contributed by atoms with van der Waals surface area (Å²) in [5, 5.41) is 3.23. The molecule has 1 aliphatic heterocycles. The van der Waals surface area contributed by atoms with Crippen LogP contribution in [0.1, 0.15) is 22.3 Å². The Morgan fingerprint density at radius 3 is 2.44 bits per heavy atom. The molecule has 0 saturated carbocycles. The molecule has 0 aromatic heterocycles. The van der Waals surface area contributed by atoms with Crippen molar-refractivity contribution in [2.45, 2.75) is 12.6 Å². The van der Waals surface area contributed by atoms with Gasteiger partial charge in [-0.25, -0.2) is 0 Å². The Morgan fingerprint density at radius 2 is 1.70 bits per heavy atom. The van der Waals surface area contributed by atoms with Crippen molar-refractivity contribution in [1.29, 1.82) is 0 Å². The summed E-state index contributed by atoms with van der Waals surface area (Å²) in [6, 6.07) is 11.2. The lowest BCUT2D eigenvalue weighted by molar-refractivity contribution is -0.137. The molecule has 2 aromatic rings. The van der Waals surface area contributed by atoms with Crippen molar-refractivity contribution in [2.24, 2.45) is 0 Å². The highest BCUT2D eigenvalue weighted by Crippen LogP contribution is 2.32. The highest BCUT2D eigenvalue weighted by Gasteiger charge is 2.30. The molecule has 1 heterocycles. The number of carbonyl (C=O) groups is 1. The smallest absolute Gasteiger partial charge is 0.416 e. The SMILES string of the molecule is Cl.O=C(c1cccc(Oc2cccc(C(F)(F)F)c2)c1)N1CCCNCC1. The summed E-state index contributed by atoms with van der Waals surface area (Å²) < 4.78 is 43.9. The van der Waals surface area contributed by atoms with E-state index in [0.29, 0.717) is 24.4 Å². The van der Waals surface area contributed by atoms with Gasteiger partial charge < -0.3 is 15.0 Å². The second-order valence-corrected chi connectivity index (χ2v) is 6.05. The summed E-state index contributed by atoms with van der Waals surface area (Å²) in [6.07, 6.45) is -3.55. The Labute approximate surface area is 161 Å². The monoisotopic (exact) mass is 400 g/mol. The summed E-state index contributed by atoms with van der Waals surface area (Å²) in [5.74, 6) is 0.287. The van der Waals surface area contributed by atoms with Crippen molar-refractivity contribution in [3.8, 4) is 11.5 Å². The van der Waals surface area contributed by atoms with Crippen LogP contribution >= 0.6 is 12.4 Å². The van der Waals surface area contributed by atoms with Gasteiger partial charge >= 0.3 is 6.18 Å². The van der Waals surface area contributed by atoms with Gasteiger partial charge in [-0.15, -0.1) is 12.4 Å². The van der Waals surface area contributed by atoms with Crippen LogP contribution in [0.4, 0.5) is 13.2 Å². The molecule has 3 rings (SSSR count). The number of amides is 1. The maximum Gasteiger partial charge on any atom is 0.416 e. The maximum absolute atomic E-state index is 12.8. The van der Waals surface area contributed by atoms with Gasteiger partial charge in [0.05, 0.1) is 5.56 Å². The molecule has 0 aliphatic carbocycles. The Kier molecular flexibility index (Phi) is 7.10. The van der Waals surface area contributed by atoms with Crippen molar-refractivity contribution in [3.05, 3.63) is 59.7 Å². The van der Waals surface area contributed by atoms with Crippen LogP contribution in [0.2, 0.25) is 0 Å². The van der Waals surface area contributed by atoms with E-state index in [1.807, 2.05) is 0 Å². The number of benzene rings is 2. The van der Waals surface area contributed by atoms with Gasteiger partial charge in [-0.2, -0.15) is 13.2 Å². The molecule has 4 nitrogen and oxygen atoms in total. The predicted octanol–water partition coefficient (Wildman–Crippen LogP) is 4.36. The fourth-order valence-corrected chi connectivity index (χ4v) is 2.80. The van der Waals surface area contributed by atoms with Crippen LogP contribution in [-0.4, -0.2) is 37.0 Å². The van der Waals surface area contributed by atoms with Gasteiger partial charge in [0.1, 0.15) is 11.5 Å². The largest absolute Gasteiger partial charge is 0.457 e. The van der Waals surface area contributed by atoms with E-state index in [9.17, 15) is 18.0 Å². The van der Waals surface area contributed by atoms with Gasteiger partial charge in [-0.05, 0) is 49.4 Å². The molecule has 146 valence electrons. The third-order valence-electron chi connectivity index (χ3n) is 4.11. The van der Waals surface area contributed by atoms with Crippen LogP contribution in [0.15, 0.2) is 48.5 Å². The first-order valence-corrected chi connectivity index (χ1v) is 8.39.